The average Bonchev–Trinajstić information content (AvgIpc) is 2.19. The van der Waals surface area contributed by atoms with Crippen LogP contribution in [0.4, 0.5) is 0 Å². The summed E-state index contributed by atoms with van der Waals surface area (Å²) < 4.78 is 0. The summed E-state index contributed by atoms with van der Waals surface area (Å²) in [4.78, 5) is 8.08. The molecule has 0 saturated carbocycles. The number of aryl methyl sites for hydroxylation is 1. The number of hydrogen-bond donors (Lipinski definition) is 3. The van der Waals surface area contributed by atoms with Crippen LogP contribution in [0.2, 0.25) is 0 Å². The molecule has 0 radical (unpaired) electrons. The lowest BCUT2D eigenvalue weighted by Crippen LogP contribution is -2.41. The minimum absolute atomic E-state index is 0.549. The third-order valence-electron chi connectivity index (χ3n) is 1.77. The Morgan fingerprint density at radius 1 is 1.64 bits per heavy atom. The summed E-state index contributed by atoms with van der Waals surface area (Å²) in [6, 6.07) is 3.97. The van der Waals surface area contributed by atoms with Crippen molar-refractivity contribution >= 4 is 5.96 Å². The fraction of sp³-hybridized carbons (Fsp3) is 0.333. The first-order valence-electron chi connectivity index (χ1n) is 4.35. The summed E-state index contributed by atoms with van der Waals surface area (Å²) >= 11 is 0. The molecule has 1 aromatic rings. The lowest BCUT2D eigenvalue weighted by atomic mass is 10.2. The lowest BCUT2D eigenvalue weighted by molar-refractivity contribution is 0.817. The first-order valence-corrected chi connectivity index (χ1v) is 4.35. The van der Waals surface area contributed by atoms with E-state index in [1.807, 2.05) is 19.1 Å². The normalized spacial score (nSPS) is 11.2. The van der Waals surface area contributed by atoms with Crippen molar-refractivity contribution in [1.82, 2.24) is 15.7 Å². The fourth-order valence-electron chi connectivity index (χ4n) is 1.06. The molecule has 1 heterocycles. The average molecular weight is 193 g/mol. The Labute approximate surface area is 83.4 Å². The maximum absolute atomic E-state index is 5.21. The fourth-order valence-corrected chi connectivity index (χ4v) is 1.06. The van der Waals surface area contributed by atoms with Crippen LogP contribution < -0.4 is 16.6 Å². The Hall–Kier alpha value is -1.62. The van der Waals surface area contributed by atoms with E-state index < -0.39 is 0 Å². The number of nitrogens with zero attached hydrogens (tertiary/aromatic N) is 2. The van der Waals surface area contributed by atoms with Crippen LogP contribution in [0.5, 0.6) is 0 Å². The van der Waals surface area contributed by atoms with E-state index in [2.05, 4.69) is 20.7 Å². The zero-order valence-electron chi connectivity index (χ0n) is 8.41. The molecule has 0 unspecified atom stereocenters. The smallest absolute Gasteiger partial charge is 0.205 e. The summed E-state index contributed by atoms with van der Waals surface area (Å²) in [5.74, 6) is 5.76. The second-order valence-corrected chi connectivity index (χ2v) is 2.89. The van der Waals surface area contributed by atoms with Gasteiger partial charge in [-0.05, 0) is 24.6 Å². The van der Waals surface area contributed by atoms with Crippen molar-refractivity contribution in [2.45, 2.75) is 13.5 Å². The number of pyridine rings is 1. The van der Waals surface area contributed by atoms with Gasteiger partial charge in [-0.3, -0.25) is 15.4 Å². The van der Waals surface area contributed by atoms with Crippen LogP contribution in [0.3, 0.4) is 0 Å². The van der Waals surface area contributed by atoms with Crippen LogP contribution in [0.1, 0.15) is 11.3 Å². The Morgan fingerprint density at radius 2 is 2.43 bits per heavy atom. The van der Waals surface area contributed by atoms with Gasteiger partial charge in [-0.25, -0.2) is 5.84 Å². The molecule has 0 atom stereocenters. The highest BCUT2D eigenvalue weighted by Crippen LogP contribution is 1.98. The van der Waals surface area contributed by atoms with E-state index in [1.165, 1.54) is 5.56 Å². The van der Waals surface area contributed by atoms with Gasteiger partial charge in [0.25, 0.3) is 0 Å². The number of nitrogens with two attached hydrogens (primary N) is 1. The van der Waals surface area contributed by atoms with Gasteiger partial charge in [-0.1, -0.05) is 0 Å². The highest BCUT2D eigenvalue weighted by molar-refractivity contribution is 5.78. The number of rotatable bonds is 2. The Kier molecular flexibility index (Phi) is 3.87. The van der Waals surface area contributed by atoms with Crippen molar-refractivity contribution < 1.29 is 0 Å². The minimum Gasteiger partial charge on any atom is -0.350 e. The Bertz CT molecular complexity index is 321. The number of nitrogens with one attached hydrogen (secondary N) is 2. The molecule has 76 valence electrons. The monoisotopic (exact) mass is 193 g/mol. The zero-order valence-corrected chi connectivity index (χ0v) is 8.41. The predicted molar refractivity (Wildman–Crippen MR) is 56.5 cm³/mol. The van der Waals surface area contributed by atoms with Crippen molar-refractivity contribution in [2.75, 3.05) is 7.05 Å². The molecule has 0 aromatic carbocycles. The van der Waals surface area contributed by atoms with Gasteiger partial charge in [-0.15, -0.1) is 0 Å². The second kappa shape index (κ2) is 5.18. The molecule has 0 aliphatic heterocycles. The van der Waals surface area contributed by atoms with E-state index in [9.17, 15) is 0 Å². The highest BCUT2D eigenvalue weighted by Gasteiger charge is 1.96. The molecule has 1 aromatic heterocycles. The SMILES string of the molecule is CN=C(NN)NCc1cc(C)ccn1. The van der Waals surface area contributed by atoms with Gasteiger partial charge in [0.1, 0.15) is 0 Å². The van der Waals surface area contributed by atoms with Crippen molar-refractivity contribution in [2.24, 2.45) is 10.8 Å². The van der Waals surface area contributed by atoms with E-state index in [-0.39, 0.29) is 0 Å². The Morgan fingerprint density at radius 3 is 3.00 bits per heavy atom. The summed E-state index contributed by atoms with van der Waals surface area (Å²) in [7, 11) is 1.66. The van der Waals surface area contributed by atoms with Gasteiger partial charge in [0.2, 0.25) is 5.96 Å². The largest absolute Gasteiger partial charge is 0.350 e. The first-order chi connectivity index (χ1) is 6.76. The van der Waals surface area contributed by atoms with Crippen LogP contribution >= 0.6 is 0 Å². The number of guanidine groups is 1. The molecule has 0 bridgehead atoms. The van der Waals surface area contributed by atoms with Gasteiger partial charge in [0, 0.05) is 13.2 Å². The maximum Gasteiger partial charge on any atom is 0.205 e. The molecule has 0 aliphatic rings. The van der Waals surface area contributed by atoms with Gasteiger partial charge in [0.05, 0.1) is 12.2 Å². The molecule has 5 heteroatoms. The predicted octanol–water partition coefficient (Wildman–Crippen LogP) is -0.0713. The molecule has 5 nitrogen and oxygen atoms in total. The molecular weight excluding hydrogens is 178 g/mol. The first kappa shape index (κ1) is 10.5. The second-order valence-electron chi connectivity index (χ2n) is 2.89. The van der Waals surface area contributed by atoms with Crippen LogP contribution in [0.25, 0.3) is 0 Å². The molecular formula is C9H15N5. The van der Waals surface area contributed by atoms with Crippen molar-refractivity contribution in [3.63, 3.8) is 0 Å². The quantitative estimate of drug-likeness (QED) is 0.266. The lowest BCUT2D eigenvalue weighted by Gasteiger charge is -2.07. The number of aromatic nitrogens is 1. The van der Waals surface area contributed by atoms with Crippen molar-refractivity contribution in [3.8, 4) is 0 Å². The van der Waals surface area contributed by atoms with Crippen LogP contribution in [-0.2, 0) is 6.54 Å². The van der Waals surface area contributed by atoms with Crippen LogP contribution in [0, 0.1) is 6.92 Å². The number of aliphatic imine (C=N–C) groups is 1. The van der Waals surface area contributed by atoms with Crippen molar-refractivity contribution in [1.29, 1.82) is 0 Å². The van der Waals surface area contributed by atoms with E-state index in [1.54, 1.807) is 13.2 Å². The molecule has 0 amide bonds. The Balaban J connectivity index is 2.53. The minimum atomic E-state index is 0.549. The van der Waals surface area contributed by atoms with Crippen molar-refractivity contribution in [3.05, 3.63) is 29.6 Å². The van der Waals surface area contributed by atoms with Gasteiger partial charge < -0.3 is 5.32 Å². The summed E-state index contributed by atoms with van der Waals surface area (Å²) in [6.45, 7) is 2.64. The van der Waals surface area contributed by atoms with E-state index in [0.717, 1.165) is 5.69 Å². The number of hydrogen-bond acceptors (Lipinski definition) is 3. The molecule has 0 fully saturated rings. The third kappa shape index (κ3) is 3.02. The number of hydrazine groups is 1. The summed E-state index contributed by atoms with van der Waals surface area (Å²) in [5, 5.41) is 3.01. The van der Waals surface area contributed by atoms with Gasteiger partial charge in [-0.2, -0.15) is 0 Å². The summed E-state index contributed by atoms with van der Waals surface area (Å²) in [6.07, 6.45) is 1.78. The molecule has 0 aliphatic carbocycles. The molecule has 0 saturated heterocycles. The van der Waals surface area contributed by atoms with E-state index >= 15 is 0 Å². The van der Waals surface area contributed by atoms with Crippen LogP contribution in [-0.4, -0.2) is 18.0 Å². The summed E-state index contributed by atoms with van der Waals surface area (Å²) in [5.41, 5.74) is 4.59. The highest BCUT2D eigenvalue weighted by atomic mass is 15.3. The van der Waals surface area contributed by atoms with E-state index in [0.29, 0.717) is 12.5 Å². The standard InChI is InChI=1S/C9H15N5/c1-7-3-4-12-8(5-7)6-13-9(11-2)14-10/h3-5H,6,10H2,1-2H3,(H2,11,13,14). The maximum atomic E-state index is 5.21. The molecule has 1 rings (SSSR count). The topological polar surface area (TPSA) is 75.3 Å². The molecule has 4 N–H and O–H groups in total. The zero-order chi connectivity index (χ0) is 10.4. The van der Waals surface area contributed by atoms with Gasteiger partial charge in [0.15, 0.2) is 0 Å². The van der Waals surface area contributed by atoms with Crippen LogP contribution in [0.15, 0.2) is 23.3 Å². The molecule has 0 spiro atoms. The van der Waals surface area contributed by atoms with E-state index in [4.69, 9.17) is 5.84 Å². The third-order valence-corrected chi connectivity index (χ3v) is 1.77. The van der Waals surface area contributed by atoms with Gasteiger partial charge >= 0.3 is 0 Å². The molecule has 14 heavy (non-hydrogen) atoms.